The monoisotopic (exact) mass is 398 g/mol. The van der Waals surface area contributed by atoms with Gasteiger partial charge in [-0.3, -0.25) is 4.79 Å². The molecule has 2 aromatic heterocycles. The van der Waals surface area contributed by atoms with Crippen LogP contribution in [0.2, 0.25) is 5.02 Å². The first kappa shape index (κ1) is 17.7. The van der Waals surface area contributed by atoms with Gasteiger partial charge in [0, 0.05) is 22.6 Å². The number of furan rings is 1. The van der Waals surface area contributed by atoms with Crippen LogP contribution in [0.5, 0.6) is 0 Å². The van der Waals surface area contributed by atoms with E-state index in [1.54, 1.807) is 0 Å². The first-order valence-corrected chi connectivity index (χ1v) is 9.76. The van der Waals surface area contributed by atoms with Gasteiger partial charge in [0.15, 0.2) is 6.20 Å². The average Bonchev–Trinajstić information content (AvgIpc) is 3.19. The molecule has 3 aromatic carbocycles. The maximum Gasteiger partial charge on any atom is 0.258 e. The van der Waals surface area contributed by atoms with Crippen molar-refractivity contribution in [1.82, 2.24) is 0 Å². The number of aromatic nitrogens is 1. The average molecular weight is 399 g/mol. The third-order valence-corrected chi connectivity index (χ3v) is 5.37. The van der Waals surface area contributed by atoms with Gasteiger partial charge in [-0.1, -0.05) is 72.3 Å². The van der Waals surface area contributed by atoms with Crippen LogP contribution >= 0.6 is 11.6 Å². The molecular weight excluding hydrogens is 382 g/mol. The second-order valence-electron chi connectivity index (χ2n) is 6.94. The summed E-state index contributed by atoms with van der Waals surface area (Å²) in [4.78, 5) is 12.8. The quantitative estimate of drug-likeness (QED) is 0.271. The topological polar surface area (TPSA) is 34.1 Å². The van der Waals surface area contributed by atoms with Crippen LogP contribution in [0.25, 0.3) is 33.2 Å². The Morgan fingerprint density at radius 1 is 0.897 bits per heavy atom. The second kappa shape index (κ2) is 7.19. The molecule has 0 aliphatic heterocycles. The van der Waals surface area contributed by atoms with Crippen molar-refractivity contribution in [2.24, 2.45) is 0 Å². The van der Waals surface area contributed by atoms with Gasteiger partial charge >= 0.3 is 0 Å². The molecule has 0 radical (unpaired) electrons. The van der Waals surface area contributed by atoms with Crippen molar-refractivity contribution in [2.45, 2.75) is 6.54 Å². The fraction of sp³-hybridized carbons (Fsp3) is 0.0400. The second-order valence-corrected chi connectivity index (χ2v) is 7.35. The first-order valence-electron chi connectivity index (χ1n) is 9.38. The number of hydrogen-bond donors (Lipinski definition) is 0. The van der Waals surface area contributed by atoms with Crippen LogP contribution in [0.1, 0.15) is 10.4 Å². The van der Waals surface area contributed by atoms with Crippen molar-refractivity contribution in [3.05, 3.63) is 102 Å². The summed E-state index contributed by atoms with van der Waals surface area (Å²) < 4.78 is 8.17. The highest BCUT2D eigenvalue weighted by molar-refractivity contribution is 6.36. The van der Waals surface area contributed by atoms with Crippen LogP contribution in [-0.2, 0) is 6.54 Å². The molecule has 0 amide bonds. The highest BCUT2D eigenvalue weighted by Gasteiger charge is 2.22. The van der Waals surface area contributed by atoms with Crippen molar-refractivity contribution in [3.8, 4) is 11.3 Å². The van der Waals surface area contributed by atoms with E-state index in [0.29, 0.717) is 10.6 Å². The van der Waals surface area contributed by atoms with E-state index in [9.17, 15) is 4.79 Å². The Balaban J connectivity index is 1.69. The molecule has 0 aliphatic rings. The summed E-state index contributed by atoms with van der Waals surface area (Å²) in [6, 6.07) is 27.0. The molecular formula is C25H17ClNO2+. The third-order valence-electron chi connectivity index (χ3n) is 5.05. The normalized spacial score (nSPS) is 11.2. The molecule has 5 aromatic rings. The molecule has 0 aliphatic carbocycles. The van der Waals surface area contributed by atoms with Crippen LogP contribution in [0, 0.1) is 0 Å². The summed E-state index contributed by atoms with van der Waals surface area (Å²) in [7, 11) is 0. The lowest BCUT2D eigenvalue weighted by molar-refractivity contribution is -0.656. The van der Waals surface area contributed by atoms with Crippen molar-refractivity contribution in [1.29, 1.82) is 0 Å². The molecule has 0 saturated heterocycles. The zero-order valence-electron chi connectivity index (χ0n) is 15.5. The van der Waals surface area contributed by atoms with Gasteiger partial charge in [-0.2, -0.15) is 4.57 Å². The van der Waals surface area contributed by atoms with E-state index in [4.69, 9.17) is 16.0 Å². The van der Waals surface area contributed by atoms with Crippen LogP contribution in [0.15, 0.2) is 95.5 Å². The summed E-state index contributed by atoms with van der Waals surface area (Å²) >= 11 is 6.58. The predicted octanol–water partition coefficient (Wildman–Crippen LogP) is 6.08. The molecule has 0 fully saturated rings. The number of nitrogens with zero attached hydrogens (tertiary/aromatic N) is 1. The molecule has 0 saturated carbocycles. The number of Topliss-reactive ketones (excluding diaryl/α,β-unsaturated/α-hetero) is 1. The summed E-state index contributed by atoms with van der Waals surface area (Å²) in [6.07, 6.45) is 1.89. The van der Waals surface area contributed by atoms with E-state index in [2.05, 4.69) is 0 Å². The Morgan fingerprint density at radius 3 is 2.38 bits per heavy atom. The van der Waals surface area contributed by atoms with E-state index >= 15 is 0 Å². The summed E-state index contributed by atoms with van der Waals surface area (Å²) in [5.41, 5.74) is 3.22. The van der Waals surface area contributed by atoms with Gasteiger partial charge in [0.05, 0.1) is 10.4 Å². The smallest absolute Gasteiger partial charge is 0.258 e. The molecule has 29 heavy (non-hydrogen) atoms. The third kappa shape index (κ3) is 3.20. The molecule has 0 bridgehead atoms. The Labute approximate surface area is 172 Å². The SMILES string of the molecule is O=C(C[n+]1cccc2c(Cl)cc3cc(-c4ccccc4)oc3c21)c1ccccc1. The van der Waals surface area contributed by atoms with Crippen molar-refractivity contribution >= 4 is 39.3 Å². The first-order chi connectivity index (χ1) is 14.2. The van der Waals surface area contributed by atoms with Gasteiger partial charge in [-0.25, -0.2) is 0 Å². The molecule has 0 N–H and O–H groups in total. The molecule has 4 heteroatoms. The standard InChI is InChI=1S/C25H17ClNO2/c26-21-14-19-15-23(18-10-5-2-6-11-18)29-25(19)24-20(21)12-7-13-27(24)16-22(28)17-8-3-1-4-9-17/h1-15H,16H2/q+1. The van der Waals surface area contributed by atoms with E-state index in [1.165, 1.54) is 0 Å². The van der Waals surface area contributed by atoms with E-state index in [0.717, 1.165) is 33.2 Å². The lowest BCUT2D eigenvalue weighted by atomic mass is 10.1. The summed E-state index contributed by atoms with van der Waals surface area (Å²) in [5.74, 6) is 0.806. The van der Waals surface area contributed by atoms with Crippen LogP contribution in [0.4, 0.5) is 0 Å². The van der Waals surface area contributed by atoms with Crippen LogP contribution < -0.4 is 4.57 Å². The van der Waals surface area contributed by atoms with Gasteiger partial charge < -0.3 is 4.42 Å². The number of carbonyl (C=O) groups excluding carboxylic acids is 1. The predicted molar refractivity (Wildman–Crippen MR) is 115 cm³/mol. The fourth-order valence-electron chi connectivity index (χ4n) is 3.65. The van der Waals surface area contributed by atoms with Crippen molar-refractivity contribution in [3.63, 3.8) is 0 Å². The largest absolute Gasteiger partial charge is 0.449 e. The van der Waals surface area contributed by atoms with E-state index < -0.39 is 0 Å². The van der Waals surface area contributed by atoms with Crippen molar-refractivity contribution in [2.75, 3.05) is 0 Å². The molecule has 0 atom stereocenters. The molecule has 2 heterocycles. The summed E-state index contributed by atoms with van der Waals surface area (Å²) in [5, 5.41) is 2.40. The van der Waals surface area contributed by atoms with Gasteiger partial charge in [0.2, 0.25) is 17.9 Å². The Kier molecular flexibility index (Phi) is 4.38. The number of ketones is 1. The minimum absolute atomic E-state index is 0.0334. The fourth-order valence-corrected chi connectivity index (χ4v) is 3.93. The molecule has 5 rings (SSSR count). The van der Waals surface area contributed by atoms with Crippen molar-refractivity contribution < 1.29 is 13.8 Å². The van der Waals surface area contributed by atoms with Gasteiger partial charge in [-0.15, -0.1) is 0 Å². The molecule has 0 unspecified atom stereocenters. The minimum Gasteiger partial charge on any atom is -0.449 e. The number of pyridine rings is 1. The zero-order valence-corrected chi connectivity index (χ0v) is 16.3. The van der Waals surface area contributed by atoms with E-state index in [1.807, 2.05) is 95.7 Å². The lowest BCUT2D eigenvalue weighted by Crippen LogP contribution is -2.38. The maximum atomic E-state index is 12.8. The Hall–Kier alpha value is -3.43. The number of rotatable bonds is 4. The number of hydrogen-bond acceptors (Lipinski definition) is 2. The van der Waals surface area contributed by atoms with Crippen LogP contribution in [-0.4, -0.2) is 5.78 Å². The molecule has 140 valence electrons. The van der Waals surface area contributed by atoms with Gasteiger partial charge in [0.25, 0.3) is 5.52 Å². The van der Waals surface area contributed by atoms with E-state index in [-0.39, 0.29) is 12.3 Å². The van der Waals surface area contributed by atoms with Crippen LogP contribution in [0.3, 0.4) is 0 Å². The number of fused-ring (bicyclic) bond motifs is 3. The summed E-state index contributed by atoms with van der Waals surface area (Å²) in [6.45, 7) is 0.207. The number of carbonyl (C=O) groups is 1. The Bertz CT molecular complexity index is 1340. The number of benzene rings is 3. The van der Waals surface area contributed by atoms with Gasteiger partial charge in [0.1, 0.15) is 5.76 Å². The minimum atomic E-state index is 0.0334. The highest BCUT2D eigenvalue weighted by atomic mass is 35.5. The zero-order chi connectivity index (χ0) is 19.8. The Morgan fingerprint density at radius 2 is 1.62 bits per heavy atom. The maximum absolute atomic E-state index is 12.8. The van der Waals surface area contributed by atoms with Gasteiger partial charge in [-0.05, 0) is 18.2 Å². The lowest BCUT2D eigenvalue weighted by Gasteiger charge is -2.04. The number of halogens is 1. The highest BCUT2D eigenvalue weighted by Crippen LogP contribution is 2.35. The molecule has 0 spiro atoms. The molecule has 3 nitrogen and oxygen atoms in total.